The molecule has 0 saturated carbocycles. The lowest BCUT2D eigenvalue weighted by Crippen LogP contribution is -2.28. The smallest absolute Gasteiger partial charge is 0.267 e. The topological polar surface area (TPSA) is 85.9 Å². The van der Waals surface area contributed by atoms with Gasteiger partial charge in [-0.2, -0.15) is 0 Å². The van der Waals surface area contributed by atoms with Gasteiger partial charge in [0.2, 0.25) is 0 Å². The van der Waals surface area contributed by atoms with E-state index in [4.69, 9.17) is 9.62 Å². The van der Waals surface area contributed by atoms with E-state index in [-0.39, 0.29) is 6.61 Å². The number of fused-ring (bicyclic) bond motifs is 1. The highest BCUT2D eigenvalue weighted by molar-refractivity contribution is 5.90. The van der Waals surface area contributed by atoms with E-state index in [1.54, 1.807) is 17.8 Å². The molecule has 1 heterocycles. The van der Waals surface area contributed by atoms with Gasteiger partial charge in [-0.3, -0.25) is 14.9 Å². The fraction of sp³-hybridized carbons (Fsp3) is 0.227. The molecule has 0 radical (unpaired) electrons. The summed E-state index contributed by atoms with van der Waals surface area (Å²) in [5.41, 5.74) is 5.68. The van der Waals surface area contributed by atoms with E-state index in [1.165, 1.54) is 11.6 Å². The number of nitrogens with zero attached hydrogens (tertiary/aromatic N) is 1. The van der Waals surface area contributed by atoms with Crippen LogP contribution in [-0.4, -0.2) is 40.8 Å². The first-order valence-electron chi connectivity index (χ1n) is 9.19. The number of aliphatic hydroxyl groups excluding tert-OH is 1. The maximum absolute atomic E-state index is 11.0. The normalized spacial score (nSPS) is 11.5. The molecular formula is C22H24N2O4. The molecule has 0 aliphatic heterocycles. The first kappa shape index (κ1) is 19.8. The molecule has 1 amide bonds. The van der Waals surface area contributed by atoms with Crippen molar-refractivity contribution in [2.24, 2.45) is 0 Å². The SMILES string of the molecule is O=C(/C=C/c1ccc(CN(CCO)CCc2cccc3occc23)cc1)NO. The van der Waals surface area contributed by atoms with Crippen molar-refractivity contribution in [3.8, 4) is 0 Å². The number of hydroxylamine groups is 1. The molecule has 146 valence electrons. The predicted molar refractivity (Wildman–Crippen MR) is 108 cm³/mol. The van der Waals surface area contributed by atoms with Crippen LogP contribution in [0.5, 0.6) is 0 Å². The molecule has 3 aromatic rings. The number of hydrogen-bond donors (Lipinski definition) is 3. The molecule has 0 saturated heterocycles. The molecule has 0 unspecified atom stereocenters. The summed E-state index contributed by atoms with van der Waals surface area (Å²) in [6.45, 7) is 2.25. The van der Waals surface area contributed by atoms with Crippen molar-refractivity contribution >= 4 is 23.0 Å². The second-order valence-electron chi connectivity index (χ2n) is 6.55. The van der Waals surface area contributed by atoms with E-state index in [2.05, 4.69) is 11.0 Å². The Hall–Kier alpha value is -2.93. The Balaban J connectivity index is 1.62. The number of benzene rings is 2. The van der Waals surface area contributed by atoms with E-state index in [0.717, 1.165) is 41.6 Å². The zero-order valence-corrected chi connectivity index (χ0v) is 15.5. The molecule has 1 aromatic heterocycles. The second-order valence-corrected chi connectivity index (χ2v) is 6.55. The van der Waals surface area contributed by atoms with Crippen molar-refractivity contribution in [3.05, 3.63) is 77.6 Å². The summed E-state index contributed by atoms with van der Waals surface area (Å²) < 4.78 is 5.46. The van der Waals surface area contributed by atoms with Crippen LogP contribution in [0.3, 0.4) is 0 Å². The average molecular weight is 380 g/mol. The van der Waals surface area contributed by atoms with Crippen molar-refractivity contribution in [1.29, 1.82) is 0 Å². The van der Waals surface area contributed by atoms with Gasteiger partial charge >= 0.3 is 0 Å². The van der Waals surface area contributed by atoms with Crippen molar-refractivity contribution in [2.75, 3.05) is 19.7 Å². The first-order valence-corrected chi connectivity index (χ1v) is 9.19. The minimum Gasteiger partial charge on any atom is -0.464 e. The minimum absolute atomic E-state index is 0.104. The van der Waals surface area contributed by atoms with Crippen molar-refractivity contribution in [1.82, 2.24) is 10.4 Å². The van der Waals surface area contributed by atoms with E-state index >= 15 is 0 Å². The Morgan fingerprint density at radius 3 is 2.68 bits per heavy atom. The number of carbonyl (C=O) groups excluding carboxylic acids is 1. The first-order chi connectivity index (χ1) is 13.7. The molecule has 6 heteroatoms. The lowest BCUT2D eigenvalue weighted by molar-refractivity contribution is -0.124. The van der Waals surface area contributed by atoms with Crippen LogP contribution in [0.15, 0.2) is 65.3 Å². The molecular weight excluding hydrogens is 356 g/mol. The fourth-order valence-electron chi connectivity index (χ4n) is 3.17. The Morgan fingerprint density at radius 1 is 1.11 bits per heavy atom. The molecule has 0 fully saturated rings. The van der Waals surface area contributed by atoms with Gasteiger partial charge in [0.1, 0.15) is 5.58 Å². The van der Waals surface area contributed by atoms with E-state index in [9.17, 15) is 9.90 Å². The molecule has 0 aliphatic rings. The predicted octanol–water partition coefficient (Wildman–Crippen LogP) is 2.99. The molecule has 28 heavy (non-hydrogen) atoms. The van der Waals surface area contributed by atoms with Crippen molar-refractivity contribution in [3.63, 3.8) is 0 Å². The van der Waals surface area contributed by atoms with Gasteiger partial charge in [0.05, 0.1) is 12.9 Å². The fourth-order valence-corrected chi connectivity index (χ4v) is 3.17. The third kappa shape index (κ3) is 5.29. The lowest BCUT2D eigenvalue weighted by Gasteiger charge is -2.21. The minimum atomic E-state index is -0.564. The molecule has 3 rings (SSSR count). The van der Waals surface area contributed by atoms with Crippen LogP contribution < -0.4 is 5.48 Å². The number of amides is 1. The van der Waals surface area contributed by atoms with Crippen LogP contribution in [0, 0.1) is 0 Å². The standard InChI is InChI=1S/C22H24N2O4/c25-14-13-24(12-10-19-2-1-3-21-20(19)11-15-28-21)16-18-6-4-17(5-7-18)8-9-22(26)23-27/h1-9,11,15,25,27H,10,12-14,16H2,(H,23,26)/b9-8+. The van der Waals surface area contributed by atoms with Gasteiger partial charge in [-0.1, -0.05) is 36.4 Å². The molecule has 6 nitrogen and oxygen atoms in total. The largest absolute Gasteiger partial charge is 0.464 e. The van der Waals surface area contributed by atoms with Crippen molar-refractivity contribution < 1.29 is 19.5 Å². The zero-order valence-electron chi connectivity index (χ0n) is 15.5. The van der Waals surface area contributed by atoms with Crippen LogP contribution in [-0.2, 0) is 17.8 Å². The lowest BCUT2D eigenvalue weighted by atomic mass is 10.1. The summed E-state index contributed by atoms with van der Waals surface area (Å²) in [6.07, 6.45) is 5.48. The van der Waals surface area contributed by atoms with Crippen LogP contribution >= 0.6 is 0 Å². The number of rotatable bonds is 9. The molecule has 0 spiro atoms. The van der Waals surface area contributed by atoms with Gasteiger partial charge in [-0.05, 0) is 41.3 Å². The van der Waals surface area contributed by atoms with E-state index in [1.807, 2.05) is 42.5 Å². The van der Waals surface area contributed by atoms with Crippen LogP contribution in [0.25, 0.3) is 17.0 Å². The third-order valence-electron chi connectivity index (χ3n) is 4.62. The van der Waals surface area contributed by atoms with Crippen LogP contribution in [0.2, 0.25) is 0 Å². The summed E-state index contributed by atoms with van der Waals surface area (Å²) in [4.78, 5) is 13.2. The zero-order chi connectivity index (χ0) is 19.8. The van der Waals surface area contributed by atoms with E-state index < -0.39 is 5.91 Å². The monoisotopic (exact) mass is 380 g/mol. The second kappa shape index (κ2) is 9.85. The number of hydrogen-bond acceptors (Lipinski definition) is 5. The number of nitrogens with one attached hydrogen (secondary N) is 1. The third-order valence-corrected chi connectivity index (χ3v) is 4.62. The molecule has 3 N–H and O–H groups in total. The maximum Gasteiger partial charge on any atom is 0.267 e. The Kier molecular flexibility index (Phi) is 6.97. The molecule has 0 atom stereocenters. The highest BCUT2D eigenvalue weighted by Crippen LogP contribution is 2.20. The number of furan rings is 1. The summed E-state index contributed by atoms with van der Waals surface area (Å²) >= 11 is 0. The highest BCUT2D eigenvalue weighted by Gasteiger charge is 2.09. The van der Waals surface area contributed by atoms with Gasteiger partial charge in [0.25, 0.3) is 5.91 Å². The van der Waals surface area contributed by atoms with Gasteiger partial charge < -0.3 is 9.52 Å². The molecule has 0 bridgehead atoms. The van der Waals surface area contributed by atoms with Gasteiger partial charge in [-0.15, -0.1) is 0 Å². The summed E-state index contributed by atoms with van der Waals surface area (Å²) in [5.74, 6) is -0.564. The number of aliphatic hydroxyl groups is 1. The van der Waals surface area contributed by atoms with Crippen LogP contribution in [0.4, 0.5) is 0 Å². The van der Waals surface area contributed by atoms with Crippen LogP contribution in [0.1, 0.15) is 16.7 Å². The van der Waals surface area contributed by atoms with Gasteiger partial charge in [-0.25, -0.2) is 5.48 Å². The summed E-state index contributed by atoms with van der Waals surface area (Å²) in [5, 5.41) is 19.1. The van der Waals surface area contributed by atoms with E-state index in [0.29, 0.717) is 6.54 Å². The maximum atomic E-state index is 11.0. The Morgan fingerprint density at radius 2 is 1.93 bits per heavy atom. The quantitative estimate of drug-likeness (QED) is 0.302. The summed E-state index contributed by atoms with van der Waals surface area (Å²) in [6, 6.07) is 15.9. The van der Waals surface area contributed by atoms with Gasteiger partial charge in [0.15, 0.2) is 0 Å². The molecule has 2 aromatic carbocycles. The Bertz CT molecular complexity index is 931. The summed E-state index contributed by atoms with van der Waals surface area (Å²) in [7, 11) is 0. The Labute approximate surface area is 163 Å². The van der Waals surface area contributed by atoms with Gasteiger partial charge in [0, 0.05) is 31.1 Å². The van der Waals surface area contributed by atoms with Crippen molar-refractivity contribution in [2.45, 2.75) is 13.0 Å². The highest BCUT2D eigenvalue weighted by atomic mass is 16.5. The average Bonchev–Trinajstić information content (AvgIpc) is 3.21. The molecule has 0 aliphatic carbocycles. The number of carbonyl (C=O) groups is 1.